The zero-order valence-corrected chi connectivity index (χ0v) is 24.3. The predicted octanol–water partition coefficient (Wildman–Crippen LogP) is 3.45. The van der Waals surface area contributed by atoms with Crippen molar-refractivity contribution in [1.82, 2.24) is 5.32 Å². The maximum absolute atomic E-state index is 13.0. The molecule has 0 bridgehead atoms. The molecule has 0 aliphatic rings. The van der Waals surface area contributed by atoms with E-state index in [0.717, 1.165) is 11.1 Å². The van der Waals surface area contributed by atoms with Gasteiger partial charge in [0.1, 0.15) is 6.61 Å². The molecule has 2 aromatic rings. The van der Waals surface area contributed by atoms with Crippen molar-refractivity contribution in [2.24, 2.45) is 11.1 Å². The minimum Gasteiger partial charge on any atom is -0.465 e. The van der Waals surface area contributed by atoms with Crippen LogP contribution >= 0.6 is 0 Å². The van der Waals surface area contributed by atoms with Gasteiger partial charge in [-0.25, -0.2) is 0 Å². The summed E-state index contributed by atoms with van der Waals surface area (Å²) < 4.78 is 22.5. The topological polar surface area (TPSA) is 143 Å². The van der Waals surface area contributed by atoms with E-state index in [1.807, 2.05) is 60.7 Å². The van der Waals surface area contributed by atoms with E-state index < -0.39 is 47.5 Å². The van der Waals surface area contributed by atoms with Crippen molar-refractivity contribution in [2.45, 2.75) is 78.5 Å². The van der Waals surface area contributed by atoms with Gasteiger partial charge in [0.05, 0.1) is 38.3 Å². The largest absolute Gasteiger partial charge is 0.465 e. The Morgan fingerprint density at radius 3 is 1.78 bits per heavy atom. The van der Waals surface area contributed by atoms with Gasteiger partial charge in [-0.3, -0.25) is 19.2 Å². The number of benzene rings is 2. The fraction of sp³-hybridized carbons (Fsp3) is 0.484. The zero-order valence-electron chi connectivity index (χ0n) is 24.3. The molecule has 3 N–H and O–H groups in total. The highest BCUT2D eigenvalue weighted by Crippen LogP contribution is 2.26. The number of hydrogen-bond acceptors (Lipinski definition) is 8. The Kier molecular flexibility index (Phi) is 14.0. The number of primary amides is 1. The van der Waals surface area contributed by atoms with Gasteiger partial charge in [0.2, 0.25) is 5.91 Å². The molecular weight excluding hydrogens is 528 g/mol. The second kappa shape index (κ2) is 17.1. The van der Waals surface area contributed by atoms with E-state index in [1.165, 1.54) is 0 Å². The first-order chi connectivity index (χ1) is 19.5. The lowest BCUT2D eigenvalue weighted by atomic mass is 9.86. The minimum absolute atomic E-state index is 0.00838. The first-order valence-corrected chi connectivity index (χ1v) is 13.7. The standard InChI is InChI=1S/C31H42N2O8/c1-22(38-19-24-11-7-5-8-12-24)17-27(35)40-21-31(3,4)29(30(37)33-16-15-26(32)34)41-28(36)18-23(2)39-20-25-13-9-6-10-14-25/h5-14,22-23,29H,15-21H2,1-4H3,(H2,32,34)(H,33,37)/t22-,23-,29+/m1/s1. The first kappa shape index (κ1) is 33.4. The fourth-order valence-corrected chi connectivity index (χ4v) is 3.76. The van der Waals surface area contributed by atoms with Gasteiger partial charge in [-0.1, -0.05) is 74.5 Å². The summed E-state index contributed by atoms with van der Waals surface area (Å²) in [6, 6.07) is 19.1. The molecule has 0 aliphatic heterocycles. The summed E-state index contributed by atoms with van der Waals surface area (Å²) >= 11 is 0. The minimum atomic E-state index is -1.30. The van der Waals surface area contributed by atoms with Gasteiger partial charge in [-0.15, -0.1) is 0 Å². The van der Waals surface area contributed by atoms with Crippen LogP contribution in [-0.2, 0) is 51.3 Å². The van der Waals surface area contributed by atoms with Crippen molar-refractivity contribution in [1.29, 1.82) is 0 Å². The highest BCUT2D eigenvalue weighted by molar-refractivity contribution is 5.85. The Labute approximate surface area is 241 Å². The monoisotopic (exact) mass is 570 g/mol. The second-order valence-electron chi connectivity index (χ2n) is 10.6. The summed E-state index contributed by atoms with van der Waals surface area (Å²) in [7, 11) is 0. The Bertz CT molecular complexity index is 1110. The molecule has 0 saturated carbocycles. The molecule has 0 spiro atoms. The van der Waals surface area contributed by atoms with Crippen LogP contribution in [0, 0.1) is 5.41 Å². The lowest BCUT2D eigenvalue weighted by molar-refractivity contribution is -0.171. The van der Waals surface area contributed by atoms with Crippen LogP contribution < -0.4 is 11.1 Å². The third-order valence-electron chi connectivity index (χ3n) is 6.14. The molecule has 0 heterocycles. The van der Waals surface area contributed by atoms with Crippen molar-refractivity contribution < 1.29 is 38.1 Å². The normalized spacial score (nSPS) is 13.5. The number of nitrogens with two attached hydrogens (primary N) is 1. The number of rotatable bonds is 18. The average molecular weight is 571 g/mol. The van der Waals surface area contributed by atoms with E-state index in [4.69, 9.17) is 24.7 Å². The lowest BCUT2D eigenvalue weighted by Gasteiger charge is -2.32. The van der Waals surface area contributed by atoms with Crippen molar-refractivity contribution in [3.05, 3.63) is 71.8 Å². The van der Waals surface area contributed by atoms with Crippen molar-refractivity contribution >= 4 is 23.8 Å². The number of carbonyl (C=O) groups excluding carboxylic acids is 4. The van der Waals surface area contributed by atoms with Crippen LogP contribution in [0.4, 0.5) is 0 Å². The van der Waals surface area contributed by atoms with Crippen LogP contribution in [0.15, 0.2) is 60.7 Å². The number of esters is 2. The average Bonchev–Trinajstić information content (AvgIpc) is 2.93. The molecule has 41 heavy (non-hydrogen) atoms. The number of nitrogens with one attached hydrogen (secondary N) is 1. The Morgan fingerprint density at radius 1 is 0.805 bits per heavy atom. The molecule has 2 aromatic carbocycles. The summed E-state index contributed by atoms with van der Waals surface area (Å²) in [5.74, 6) is -2.37. The molecule has 10 heteroatoms. The second-order valence-corrected chi connectivity index (χ2v) is 10.6. The molecule has 0 aliphatic carbocycles. The fourth-order valence-electron chi connectivity index (χ4n) is 3.76. The van der Waals surface area contributed by atoms with Crippen LogP contribution in [0.25, 0.3) is 0 Å². The molecule has 224 valence electrons. The SMILES string of the molecule is C[C@H](CC(=O)OCC(C)(C)[C@@H](OC(=O)C[C@@H](C)OCc1ccccc1)C(=O)NCCC(N)=O)OCc1ccccc1. The molecular formula is C31H42N2O8. The van der Waals surface area contributed by atoms with E-state index >= 15 is 0 Å². The smallest absolute Gasteiger partial charge is 0.309 e. The Balaban J connectivity index is 1.93. The van der Waals surface area contributed by atoms with Crippen LogP contribution in [0.5, 0.6) is 0 Å². The quantitative estimate of drug-likeness (QED) is 0.260. The maximum atomic E-state index is 13.0. The summed E-state index contributed by atoms with van der Waals surface area (Å²) in [5.41, 5.74) is 6.02. The number of hydrogen-bond donors (Lipinski definition) is 2. The van der Waals surface area contributed by atoms with Gasteiger partial charge in [0.25, 0.3) is 5.91 Å². The van der Waals surface area contributed by atoms with Crippen molar-refractivity contribution in [3.8, 4) is 0 Å². The highest BCUT2D eigenvalue weighted by Gasteiger charge is 2.40. The Morgan fingerprint density at radius 2 is 1.29 bits per heavy atom. The lowest BCUT2D eigenvalue weighted by Crippen LogP contribution is -2.49. The third kappa shape index (κ3) is 13.4. The number of carbonyl (C=O) groups is 4. The maximum Gasteiger partial charge on any atom is 0.309 e. The predicted molar refractivity (Wildman–Crippen MR) is 152 cm³/mol. The van der Waals surface area contributed by atoms with E-state index in [9.17, 15) is 19.2 Å². The van der Waals surface area contributed by atoms with Crippen LogP contribution in [0.2, 0.25) is 0 Å². The molecule has 2 amide bonds. The van der Waals surface area contributed by atoms with Gasteiger partial charge in [0, 0.05) is 18.4 Å². The first-order valence-electron chi connectivity index (χ1n) is 13.7. The van der Waals surface area contributed by atoms with E-state index in [-0.39, 0.29) is 32.4 Å². The van der Waals surface area contributed by atoms with Gasteiger partial charge in [-0.2, -0.15) is 0 Å². The molecule has 3 atom stereocenters. The zero-order chi connectivity index (χ0) is 30.3. The molecule has 0 unspecified atom stereocenters. The summed E-state index contributed by atoms with van der Waals surface area (Å²) in [6.45, 7) is 7.27. The van der Waals surface area contributed by atoms with Crippen LogP contribution in [0.3, 0.4) is 0 Å². The summed E-state index contributed by atoms with van der Waals surface area (Å²) in [4.78, 5) is 49.5. The van der Waals surface area contributed by atoms with Crippen molar-refractivity contribution in [3.63, 3.8) is 0 Å². The molecule has 0 radical (unpaired) electrons. The van der Waals surface area contributed by atoms with Crippen LogP contribution in [0.1, 0.15) is 58.1 Å². The van der Waals surface area contributed by atoms with E-state index in [2.05, 4.69) is 5.32 Å². The molecule has 10 nitrogen and oxygen atoms in total. The molecule has 0 aromatic heterocycles. The molecule has 2 rings (SSSR count). The van der Waals surface area contributed by atoms with Gasteiger partial charge >= 0.3 is 11.9 Å². The van der Waals surface area contributed by atoms with E-state index in [1.54, 1.807) is 27.7 Å². The number of ether oxygens (including phenoxy) is 4. The van der Waals surface area contributed by atoms with Crippen LogP contribution in [-0.4, -0.2) is 55.2 Å². The highest BCUT2D eigenvalue weighted by atomic mass is 16.6. The molecule has 0 fully saturated rings. The number of amides is 2. The van der Waals surface area contributed by atoms with Gasteiger partial charge in [0.15, 0.2) is 6.10 Å². The summed E-state index contributed by atoms with van der Waals surface area (Å²) in [5, 5.41) is 2.57. The van der Waals surface area contributed by atoms with Gasteiger partial charge < -0.3 is 30.0 Å². The van der Waals surface area contributed by atoms with Gasteiger partial charge in [-0.05, 0) is 25.0 Å². The summed E-state index contributed by atoms with van der Waals surface area (Å²) in [6.07, 6.45) is -2.33. The van der Waals surface area contributed by atoms with E-state index in [0.29, 0.717) is 13.2 Å². The third-order valence-corrected chi connectivity index (χ3v) is 6.14. The Hall–Kier alpha value is -3.76. The van der Waals surface area contributed by atoms with Crippen molar-refractivity contribution in [2.75, 3.05) is 13.2 Å². The molecule has 0 saturated heterocycles.